The van der Waals surface area contributed by atoms with Crippen LogP contribution >= 0.6 is 23.1 Å². The summed E-state index contributed by atoms with van der Waals surface area (Å²) in [4.78, 5) is 28.7. The van der Waals surface area contributed by atoms with E-state index in [1.54, 1.807) is 29.4 Å². The molecule has 0 N–H and O–H groups in total. The lowest BCUT2D eigenvalue weighted by atomic mass is 10.2. The SMILES string of the molecule is O=C(CSc1ncnc2sc3c(c12)CCC3)N1CCN(Cc2ccccc2)CC1. The van der Waals surface area contributed by atoms with Gasteiger partial charge in [0.15, 0.2) is 0 Å². The van der Waals surface area contributed by atoms with Crippen LogP contribution in [0.4, 0.5) is 0 Å². The van der Waals surface area contributed by atoms with Gasteiger partial charge in [-0.3, -0.25) is 9.69 Å². The number of piperazine rings is 1. The lowest BCUT2D eigenvalue weighted by Crippen LogP contribution is -2.48. The predicted octanol–water partition coefficient (Wildman–Crippen LogP) is 3.62. The van der Waals surface area contributed by atoms with Crippen molar-refractivity contribution in [2.45, 2.75) is 30.8 Å². The third-order valence-electron chi connectivity index (χ3n) is 5.77. The summed E-state index contributed by atoms with van der Waals surface area (Å²) in [5.41, 5.74) is 2.76. The van der Waals surface area contributed by atoms with Gasteiger partial charge in [0.05, 0.1) is 5.75 Å². The Morgan fingerprint density at radius 2 is 1.90 bits per heavy atom. The monoisotopic (exact) mass is 424 g/mol. The molecule has 2 aliphatic rings. The normalized spacial score (nSPS) is 17.0. The third-order valence-corrected chi connectivity index (χ3v) is 7.95. The van der Waals surface area contributed by atoms with Crippen molar-refractivity contribution < 1.29 is 4.79 Å². The van der Waals surface area contributed by atoms with Crippen LogP contribution in [0.2, 0.25) is 0 Å². The van der Waals surface area contributed by atoms with E-state index in [0.717, 1.165) is 55.4 Å². The second kappa shape index (κ2) is 8.42. The molecule has 1 amide bonds. The van der Waals surface area contributed by atoms with E-state index in [1.165, 1.54) is 27.8 Å². The molecule has 2 aromatic heterocycles. The van der Waals surface area contributed by atoms with Crippen LogP contribution in [0.5, 0.6) is 0 Å². The summed E-state index contributed by atoms with van der Waals surface area (Å²) in [6.45, 7) is 4.43. The molecule has 0 saturated carbocycles. The summed E-state index contributed by atoms with van der Waals surface area (Å²) in [5, 5.41) is 2.18. The molecule has 0 spiro atoms. The summed E-state index contributed by atoms with van der Waals surface area (Å²) >= 11 is 3.37. The Bertz CT molecular complexity index is 1010. The van der Waals surface area contributed by atoms with Crippen molar-refractivity contribution in [1.29, 1.82) is 0 Å². The number of amides is 1. The number of aryl methyl sites for hydroxylation is 2. The number of carbonyl (C=O) groups is 1. The van der Waals surface area contributed by atoms with Crippen LogP contribution in [0.3, 0.4) is 0 Å². The molecule has 150 valence electrons. The molecule has 1 aliphatic heterocycles. The molecule has 3 aromatic rings. The maximum Gasteiger partial charge on any atom is 0.233 e. The molecule has 7 heteroatoms. The van der Waals surface area contributed by atoms with Crippen molar-refractivity contribution >= 4 is 39.2 Å². The van der Waals surface area contributed by atoms with Crippen LogP contribution < -0.4 is 0 Å². The van der Waals surface area contributed by atoms with E-state index in [0.29, 0.717) is 5.75 Å². The van der Waals surface area contributed by atoms with Gasteiger partial charge in [0.2, 0.25) is 5.91 Å². The Kier molecular flexibility index (Phi) is 5.52. The average molecular weight is 425 g/mol. The minimum atomic E-state index is 0.216. The average Bonchev–Trinajstić information content (AvgIpc) is 3.34. The smallest absolute Gasteiger partial charge is 0.233 e. The topological polar surface area (TPSA) is 49.3 Å². The number of nitrogens with zero attached hydrogens (tertiary/aromatic N) is 4. The molecular formula is C22H24N4OS2. The molecule has 5 rings (SSSR count). The minimum absolute atomic E-state index is 0.216. The van der Waals surface area contributed by atoms with Gasteiger partial charge in [-0.25, -0.2) is 9.97 Å². The zero-order valence-electron chi connectivity index (χ0n) is 16.3. The molecule has 29 heavy (non-hydrogen) atoms. The maximum absolute atomic E-state index is 12.8. The van der Waals surface area contributed by atoms with Crippen molar-refractivity contribution in [1.82, 2.24) is 19.8 Å². The number of hydrogen-bond acceptors (Lipinski definition) is 6. The largest absolute Gasteiger partial charge is 0.339 e. The number of benzene rings is 1. The highest BCUT2D eigenvalue weighted by atomic mass is 32.2. The van der Waals surface area contributed by atoms with E-state index in [4.69, 9.17) is 0 Å². The fourth-order valence-corrected chi connectivity index (χ4v) is 6.45. The molecule has 1 aliphatic carbocycles. The van der Waals surface area contributed by atoms with Crippen molar-refractivity contribution in [3.05, 3.63) is 52.7 Å². The van der Waals surface area contributed by atoms with Crippen LogP contribution in [-0.2, 0) is 24.2 Å². The predicted molar refractivity (Wildman–Crippen MR) is 118 cm³/mol. The minimum Gasteiger partial charge on any atom is -0.339 e. The van der Waals surface area contributed by atoms with Crippen molar-refractivity contribution in [2.75, 3.05) is 31.9 Å². The third kappa shape index (κ3) is 4.04. The zero-order valence-corrected chi connectivity index (χ0v) is 18.0. The van der Waals surface area contributed by atoms with Crippen LogP contribution in [0.15, 0.2) is 41.7 Å². The van der Waals surface area contributed by atoms with Gasteiger partial charge in [-0.1, -0.05) is 42.1 Å². The molecule has 0 unspecified atom stereocenters. The highest BCUT2D eigenvalue weighted by Crippen LogP contribution is 2.40. The van der Waals surface area contributed by atoms with E-state index >= 15 is 0 Å². The molecule has 0 radical (unpaired) electrons. The number of rotatable bonds is 5. The van der Waals surface area contributed by atoms with Gasteiger partial charge >= 0.3 is 0 Å². The van der Waals surface area contributed by atoms with Gasteiger partial charge in [0, 0.05) is 43.0 Å². The fraction of sp³-hybridized carbons (Fsp3) is 0.409. The maximum atomic E-state index is 12.8. The number of thiophene rings is 1. The van der Waals surface area contributed by atoms with Gasteiger partial charge in [-0.05, 0) is 30.4 Å². The summed E-state index contributed by atoms with van der Waals surface area (Å²) in [5.74, 6) is 0.670. The first kappa shape index (κ1) is 19.0. The van der Waals surface area contributed by atoms with Crippen LogP contribution in [0.25, 0.3) is 10.2 Å². The summed E-state index contributed by atoms with van der Waals surface area (Å²) in [6, 6.07) is 10.5. The number of fused-ring (bicyclic) bond motifs is 3. The number of hydrogen-bond donors (Lipinski definition) is 0. The molecular weight excluding hydrogens is 400 g/mol. The first-order valence-electron chi connectivity index (χ1n) is 10.2. The molecule has 3 heterocycles. The lowest BCUT2D eigenvalue weighted by molar-refractivity contribution is -0.130. The molecule has 1 aromatic carbocycles. The number of thioether (sulfide) groups is 1. The van der Waals surface area contributed by atoms with Gasteiger partial charge in [0.1, 0.15) is 16.2 Å². The Balaban J connectivity index is 1.18. The first-order chi connectivity index (χ1) is 14.3. The highest BCUT2D eigenvalue weighted by Gasteiger charge is 2.24. The lowest BCUT2D eigenvalue weighted by Gasteiger charge is -2.34. The molecule has 0 atom stereocenters. The summed E-state index contributed by atoms with van der Waals surface area (Å²) < 4.78 is 0. The number of carbonyl (C=O) groups excluding carboxylic acids is 1. The second-order valence-corrected chi connectivity index (χ2v) is 9.70. The fourth-order valence-electron chi connectivity index (χ4n) is 4.23. The van der Waals surface area contributed by atoms with E-state index in [9.17, 15) is 4.79 Å². The van der Waals surface area contributed by atoms with Crippen molar-refractivity contribution in [3.63, 3.8) is 0 Å². The van der Waals surface area contributed by atoms with E-state index in [2.05, 4.69) is 39.1 Å². The number of aromatic nitrogens is 2. The Morgan fingerprint density at radius 3 is 2.72 bits per heavy atom. The Labute approximate surface area is 179 Å². The summed E-state index contributed by atoms with van der Waals surface area (Å²) in [7, 11) is 0. The quantitative estimate of drug-likeness (QED) is 0.463. The highest BCUT2D eigenvalue weighted by molar-refractivity contribution is 8.00. The van der Waals surface area contributed by atoms with Gasteiger partial charge in [-0.15, -0.1) is 11.3 Å². The van der Waals surface area contributed by atoms with Gasteiger partial charge in [-0.2, -0.15) is 0 Å². The Morgan fingerprint density at radius 1 is 1.07 bits per heavy atom. The van der Waals surface area contributed by atoms with Crippen molar-refractivity contribution in [3.8, 4) is 0 Å². The zero-order chi connectivity index (χ0) is 19.6. The van der Waals surface area contributed by atoms with E-state index in [-0.39, 0.29) is 5.91 Å². The van der Waals surface area contributed by atoms with E-state index < -0.39 is 0 Å². The Hall–Kier alpha value is -1.96. The van der Waals surface area contributed by atoms with E-state index in [1.807, 2.05) is 11.0 Å². The summed E-state index contributed by atoms with van der Waals surface area (Å²) in [6.07, 6.45) is 5.14. The van der Waals surface area contributed by atoms with Crippen LogP contribution in [-0.4, -0.2) is 57.6 Å². The molecule has 1 saturated heterocycles. The standard InChI is InChI=1S/C22H24N4OS2/c27-19(26-11-9-25(10-12-26)13-16-5-2-1-3-6-16)14-28-21-20-17-7-4-8-18(17)29-22(20)24-15-23-21/h1-3,5-6,15H,4,7-14H2. The first-order valence-corrected chi connectivity index (χ1v) is 12.0. The molecule has 0 bridgehead atoms. The second-order valence-electron chi connectivity index (χ2n) is 7.65. The molecule has 1 fully saturated rings. The van der Waals surface area contributed by atoms with Crippen molar-refractivity contribution in [2.24, 2.45) is 0 Å². The van der Waals surface area contributed by atoms with Gasteiger partial charge < -0.3 is 4.90 Å². The van der Waals surface area contributed by atoms with Crippen LogP contribution in [0, 0.1) is 0 Å². The van der Waals surface area contributed by atoms with Gasteiger partial charge in [0.25, 0.3) is 0 Å². The van der Waals surface area contributed by atoms with Crippen LogP contribution in [0.1, 0.15) is 22.4 Å². The molecule has 5 nitrogen and oxygen atoms in total.